The maximum atomic E-state index is 13.8. The van der Waals surface area contributed by atoms with Gasteiger partial charge in [0.1, 0.15) is 5.75 Å². The van der Waals surface area contributed by atoms with Crippen LogP contribution in [0, 0.1) is 0 Å². The van der Waals surface area contributed by atoms with E-state index in [1.54, 1.807) is 13.3 Å². The van der Waals surface area contributed by atoms with Gasteiger partial charge in [-0.15, -0.1) is 0 Å². The van der Waals surface area contributed by atoms with E-state index in [-0.39, 0.29) is 12.2 Å². The molecule has 6 nitrogen and oxygen atoms in total. The van der Waals surface area contributed by atoms with E-state index in [0.717, 1.165) is 0 Å². The van der Waals surface area contributed by atoms with E-state index >= 15 is 0 Å². The minimum absolute atomic E-state index is 0.265. The van der Waals surface area contributed by atoms with E-state index in [2.05, 4.69) is 10.3 Å². The highest BCUT2D eigenvalue weighted by atomic mass is 31.2. The van der Waals surface area contributed by atoms with E-state index in [1.165, 1.54) is 0 Å². The van der Waals surface area contributed by atoms with Gasteiger partial charge >= 0.3 is 7.60 Å². The van der Waals surface area contributed by atoms with Crippen LogP contribution in [0.1, 0.15) is 39.0 Å². The Hall–Kier alpha value is -1.88. The van der Waals surface area contributed by atoms with Gasteiger partial charge in [-0.25, -0.2) is 4.98 Å². The van der Waals surface area contributed by atoms with Gasteiger partial charge in [-0.2, -0.15) is 0 Å². The molecule has 0 aliphatic carbocycles. The average molecular weight is 379 g/mol. The molecule has 1 atom stereocenters. The number of hydrogen-bond acceptors (Lipinski definition) is 5. The van der Waals surface area contributed by atoms with Crippen molar-refractivity contribution in [2.45, 2.75) is 45.7 Å². The van der Waals surface area contributed by atoms with Crippen molar-refractivity contribution in [1.29, 1.82) is 0 Å². The maximum absolute atomic E-state index is 13.8. The van der Waals surface area contributed by atoms with Crippen molar-refractivity contribution in [3.63, 3.8) is 0 Å². The van der Waals surface area contributed by atoms with E-state index in [4.69, 9.17) is 13.8 Å². The van der Waals surface area contributed by atoms with E-state index < -0.39 is 13.4 Å². The Morgan fingerprint density at radius 1 is 0.962 bits per heavy atom. The first-order chi connectivity index (χ1) is 12.4. The zero-order valence-electron chi connectivity index (χ0n) is 15.9. The summed E-state index contributed by atoms with van der Waals surface area (Å²) >= 11 is 0. The summed E-state index contributed by atoms with van der Waals surface area (Å²) in [5.41, 5.74) is 0.705. The summed E-state index contributed by atoms with van der Waals surface area (Å²) in [5.74, 6) is 0.575. The van der Waals surface area contributed by atoms with Gasteiger partial charge in [0.05, 0.1) is 31.1 Å². The van der Waals surface area contributed by atoms with Crippen molar-refractivity contribution in [2.75, 3.05) is 12.4 Å². The highest BCUT2D eigenvalue weighted by molar-refractivity contribution is 7.54. The zero-order chi connectivity index (χ0) is 19.2. The summed E-state index contributed by atoms with van der Waals surface area (Å²) in [6.07, 6.45) is 1.26. The number of methoxy groups -OCH3 is 1. The highest BCUT2D eigenvalue weighted by Crippen LogP contribution is 2.63. The Kier molecular flexibility index (Phi) is 7.21. The third-order valence-corrected chi connectivity index (χ3v) is 5.94. The average Bonchev–Trinajstić information content (AvgIpc) is 2.59. The van der Waals surface area contributed by atoms with Crippen molar-refractivity contribution in [1.82, 2.24) is 0 Å². The lowest BCUT2D eigenvalue weighted by atomic mass is 10.2. The minimum Gasteiger partial charge on any atom is -0.496 e. The topological polar surface area (TPSA) is 70.9 Å². The predicted molar refractivity (Wildman–Crippen MR) is 102 cm³/mol. The van der Waals surface area contributed by atoms with Crippen LogP contribution in [0.5, 0.6) is 5.75 Å². The van der Waals surface area contributed by atoms with Crippen molar-refractivity contribution < 1.29 is 23.3 Å². The number of aromatic amines is 1. The number of nitrogens with one attached hydrogen (secondary N) is 2. The smallest absolute Gasteiger partial charge is 0.379 e. The van der Waals surface area contributed by atoms with Crippen molar-refractivity contribution in [3.05, 3.63) is 54.2 Å². The molecule has 0 amide bonds. The number of anilines is 1. The molecule has 0 spiro atoms. The summed E-state index contributed by atoms with van der Waals surface area (Å²) in [5, 5.41) is 3.27. The highest BCUT2D eigenvalue weighted by Gasteiger charge is 2.44. The lowest BCUT2D eigenvalue weighted by Crippen LogP contribution is -2.22. The second kappa shape index (κ2) is 9.17. The first kappa shape index (κ1) is 20.4. The van der Waals surface area contributed by atoms with Crippen LogP contribution >= 0.6 is 7.60 Å². The van der Waals surface area contributed by atoms with Gasteiger partial charge in [0.25, 0.3) is 5.82 Å². The second-order valence-electron chi connectivity index (χ2n) is 6.41. The molecule has 0 unspecified atom stereocenters. The van der Waals surface area contributed by atoms with Crippen LogP contribution in [0.3, 0.4) is 0 Å². The summed E-state index contributed by atoms with van der Waals surface area (Å²) < 4.78 is 31.0. The molecule has 0 fully saturated rings. The summed E-state index contributed by atoms with van der Waals surface area (Å²) in [4.78, 5) is 3.10. The van der Waals surface area contributed by atoms with Gasteiger partial charge in [-0.05, 0) is 39.8 Å². The monoisotopic (exact) mass is 379 g/mol. The van der Waals surface area contributed by atoms with Crippen molar-refractivity contribution >= 4 is 13.4 Å². The van der Waals surface area contributed by atoms with Crippen LogP contribution in [0.25, 0.3) is 0 Å². The molecule has 0 bridgehead atoms. The molecule has 0 radical (unpaired) electrons. The van der Waals surface area contributed by atoms with Crippen LogP contribution in [0.4, 0.5) is 5.82 Å². The van der Waals surface area contributed by atoms with Gasteiger partial charge in [0.15, 0.2) is 0 Å². The zero-order valence-corrected chi connectivity index (χ0v) is 16.8. The fraction of sp³-hybridized carbons (Fsp3) is 0.421. The number of benzene rings is 1. The molecule has 2 N–H and O–H groups in total. The molecule has 1 aromatic heterocycles. The molecule has 26 heavy (non-hydrogen) atoms. The van der Waals surface area contributed by atoms with Gasteiger partial charge < -0.3 is 13.8 Å². The number of aromatic nitrogens is 1. The number of pyridine rings is 1. The summed E-state index contributed by atoms with van der Waals surface area (Å²) in [6, 6.07) is 13.0. The molecule has 0 aliphatic rings. The molecule has 2 rings (SSSR count). The van der Waals surface area contributed by atoms with Crippen LogP contribution in [0.15, 0.2) is 48.7 Å². The Balaban J connectivity index is 2.54. The van der Waals surface area contributed by atoms with Gasteiger partial charge in [-0.1, -0.05) is 24.3 Å². The molecule has 0 saturated heterocycles. The van der Waals surface area contributed by atoms with Crippen molar-refractivity contribution in [3.8, 4) is 5.75 Å². The Labute approximate surface area is 155 Å². The van der Waals surface area contributed by atoms with Gasteiger partial charge in [0.2, 0.25) is 5.78 Å². The van der Waals surface area contributed by atoms with Gasteiger partial charge in [-0.3, -0.25) is 9.88 Å². The first-order valence-electron chi connectivity index (χ1n) is 8.68. The molecule has 1 aromatic carbocycles. The lowest BCUT2D eigenvalue weighted by molar-refractivity contribution is -0.361. The summed E-state index contributed by atoms with van der Waals surface area (Å²) in [6.45, 7) is 7.35. The number of H-pyrrole nitrogens is 1. The van der Waals surface area contributed by atoms with E-state index in [0.29, 0.717) is 17.1 Å². The quantitative estimate of drug-likeness (QED) is 0.642. The fourth-order valence-electron chi connectivity index (χ4n) is 2.58. The molecule has 7 heteroatoms. The predicted octanol–water partition coefficient (Wildman–Crippen LogP) is 4.66. The second-order valence-corrected chi connectivity index (χ2v) is 8.43. The molecule has 1 heterocycles. The Morgan fingerprint density at radius 3 is 2.12 bits per heavy atom. The van der Waals surface area contributed by atoms with Crippen LogP contribution < -0.4 is 15.0 Å². The standard InChI is InChI=1S/C19H27N2O4P/c1-14(2)24-26(22,25-15(3)4)19(21-18-12-8-9-13-20-18)16-10-6-7-11-17(16)23-5/h6-15,19H,1-5H3,(H,20,21)/p+1/t19-/m1/s1. The molecule has 2 aromatic rings. The third kappa shape index (κ3) is 5.31. The molecule has 142 valence electrons. The van der Waals surface area contributed by atoms with E-state index in [9.17, 15) is 4.57 Å². The van der Waals surface area contributed by atoms with Crippen LogP contribution in [0.2, 0.25) is 0 Å². The molecule has 0 saturated carbocycles. The van der Waals surface area contributed by atoms with Crippen LogP contribution in [-0.2, 0) is 13.6 Å². The third-order valence-electron chi connectivity index (χ3n) is 3.47. The molecular weight excluding hydrogens is 351 g/mol. The Bertz CT molecular complexity index is 723. The number of hydrogen-bond donors (Lipinski definition) is 1. The van der Waals surface area contributed by atoms with Crippen LogP contribution in [-0.4, -0.2) is 19.3 Å². The first-order valence-corrected chi connectivity index (χ1v) is 10.3. The van der Waals surface area contributed by atoms with E-state index in [1.807, 2.05) is 70.2 Å². The normalized spacial score (nSPS) is 13.0. The number of rotatable bonds is 9. The van der Waals surface area contributed by atoms with Gasteiger partial charge in [0, 0.05) is 6.07 Å². The maximum Gasteiger partial charge on any atom is 0.379 e. The Morgan fingerprint density at radius 2 is 1.58 bits per heavy atom. The summed E-state index contributed by atoms with van der Waals surface area (Å²) in [7, 11) is -1.99. The largest absolute Gasteiger partial charge is 0.496 e. The fourth-order valence-corrected chi connectivity index (χ4v) is 4.90. The lowest BCUT2D eigenvalue weighted by Gasteiger charge is -2.28. The molecular formula is C19H28N2O4P+. The number of ether oxygens (including phenoxy) is 1. The molecule has 0 aliphatic heterocycles. The minimum atomic E-state index is -3.58. The number of para-hydroxylation sites is 1. The SMILES string of the molecule is COc1ccccc1[C@H](Nc1cccc[nH+]1)P(=O)(OC(C)C)OC(C)C. The van der Waals surface area contributed by atoms with Crippen molar-refractivity contribution in [2.24, 2.45) is 0 Å².